The predicted molar refractivity (Wildman–Crippen MR) is 114 cm³/mol. The van der Waals surface area contributed by atoms with Gasteiger partial charge in [-0.15, -0.1) is 5.10 Å². The Balaban J connectivity index is 1.69. The number of carbonyl (C=O) groups excluding carboxylic acids is 2. The Morgan fingerprint density at radius 1 is 1.20 bits per heavy atom. The molecule has 3 rings (SSSR count). The fraction of sp³-hybridized carbons (Fsp3) is 0.238. The summed E-state index contributed by atoms with van der Waals surface area (Å²) in [5.41, 5.74) is 7.99. The Kier molecular flexibility index (Phi) is 7.21. The van der Waals surface area contributed by atoms with Crippen LogP contribution in [0.5, 0.6) is 0 Å². The lowest BCUT2D eigenvalue weighted by molar-refractivity contribution is 0.0741. The van der Waals surface area contributed by atoms with Crippen LogP contribution in [0.25, 0.3) is 0 Å². The maximum absolute atomic E-state index is 13.5. The molecule has 0 bridgehead atoms. The SMILES string of the molecule is Cc1nnsc1C(=O)Nc1ccc(CN(CCCN)C(=O)c2cccc(F)c2)cc1. The van der Waals surface area contributed by atoms with E-state index >= 15 is 0 Å². The van der Waals surface area contributed by atoms with Crippen LogP contribution in [0.15, 0.2) is 48.5 Å². The third kappa shape index (κ3) is 5.46. The topological polar surface area (TPSA) is 101 Å². The zero-order valence-electron chi connectivity index (χ0n) is 16.5. The average Bonchev–Trinajstić information content (AvgIpc) is 3.18. The van der Waals surface area contributed by atoms with Crippen molar-refractivity contribution >= 4 is 29.0 Å². The van der Waals surface area contributed by atoms with E-state index in [2.05, 4.69) is 14.9 Å². The highest BCUT2D eigenvalue weighted by Crippen LogP contribution is 2.17. The van der Waals surface area contributed by atoms with E-state index in [1.807, 2.05) is 12.1 Å². The van der Waals surface area contributed by atoms with Gasteiger partial charge in [-0.2, -0.15) is 0 Å². The second kappa shape index (κ2) is 10.0. The molecule has 156 valence electrons. The number of nitrogens with two attached hydrogens (primary N) is 1. The highest BCUT2D eigenvalue weighted by Gasteiger charge is 2.17. The summed E-state index contributed by atoms with van der Waals surface area (Å²) in [5, 5.41) is 6.64. The molecule has 0 aliphatic rings. The van der Waals surface area contributed by atoms with E-state index < -0.39 is 5.82 Å². The van der Waals surface area contributed by atoms with Crippen molar-refractivity contribution in [1.29, 1.82) is 0 Å². The highest BCUT2D eigenvalue weighted by atomic mass is 32.1. The second-order valence-electron chi connectivity index (χ2n) is 6.72. The molecule has 30 heavy (non-hydrogen) atoms. The average molecular weight is 428 g/mol. The molecule has 0 saturated heterocycles. The molecule has 9 heteroatoms. The van der Waals surface area contributed by atoms with Gasteiger partial charge in [-0.3, -0.25) is 9.59 Å². The third-order valence-corrected chi connectivity index (χ3v) is 5.26. The molecule has 0 aliphatic carbocycles. The Morgan fingerprint density at radius 3 is 2.60 bits per heavy atom. The summed E-state index contributed by atoms with van der Waals surface area (Å²) < 4.78 is 17.3. The van der Waals surface area contributed by atoms with Gasteiger partial charge in [0.25, 0.3) is 11.8 Å². The van der Waals surface area contributed by atoms with E-state index in [0.717, 1.165) is 17.1 Å². The Labute approximate surface area is 177 Å². The van der Waals surface area contributed by atoms with Crippen molar-refractivity contribution in [2.45, 2.75) is 19.9 Å². The number of aromatic nitrogens is 2. The summed E-state index contributed by atoms with van der Waals surface area (Å²) in [4.78, 5) is 27.2. The minimum atomic E-state index is -0.453. The van der Waals surface area contributed by atoms with Crippen LogP contribution in [0.3, 0.4) is 0 Å². The van der Waals surface area contributed by atoms with Crippen LogP contribution >= 0.6 is 11.5 Å². The first kappa shape index (κ1) is 21.5. The van der Waals surface area contributed by atoms with E-state index in [9.17, 15) is 14.0 Å². The third-order valence-electron chi connectivity index (χ3n) is 4.43. The van der Waals surface area contributed by atoms with Crippen LogP contribution in [0, 0.1) is 12.7 Å². The normalized spacial score (nSPS) is 10.6. The molecule has 1 aromatic heterocycles. The molecule has 2 amide bonds. The number of nitrogens with one attached hydrogen (secondary N) is 1. The van der Waals surface area contributed by atoms with Gasteiger partial charge >= 0.3 is 0 Å². The highest BCUT2D eigenvalue weighted by molar-refractivity contribution is 7.08. The number of hydrogen-bond acceptors (Lipinski definition) is 6. The zero-order chi connectivity index (χ0) is 21.5. The smallest absolute Gasteiger partial charge is 0.269 e. The van der Waals surface area contributed by atoms with Gasteiger partial charge in [-0.25, -0.2) is 4.39 Å². The van der Waals surface area contributed by atoms with Crippen molar-refractivity contribution in [1.82, 2.24) is 14.5 Å². The lowest BCUT2D eigenvalue weighted by Crippen LogP contribution is -2.32. The van der Waals surface area contributed by atoms with Crippen molar-refractivity contribution in [2.75, 3.05) is 18.4 Å². The van der Waals surface area contributed by atoms with E-state index in [1.54, 1.807) is 30.0 Å². The number of rotatable bonds is 8. The van der Waals surface area contributed by atoms with E-state index in [-0.39, 0.29) is 11.8 Å². The summed E-state index contributed by atoms with van der Waals surface area (Å²) in [5.74, 6) is -0.972. The van der Waals surface area contributed by atoms with E-state index in [1.165, 1.54) is 18.2 Å². The molecule has 2 aromatic carbocycles. The molecule has 3 aromatic rings. The molecule has 0 atom stereocenters. The number of anilines is 1. The molecule has 0 aliphatic heterocycles. The molecule has 0 fully saturated rings. The second-order valence-corrected chi connectivity index (χ2v) is 7.47. The van der Waals surface area contributed by atoms with Gasteiger partial charge in [0.1, 0.15) is 10.7 Å². The van der Waals surface area contributed by atoms with Crippen LogP contribution < -0.4 is 11.1 Å². The molecule has 3 N–H and O–H groups in total. The maximum atomic E-state index is 13.5. The largest absolute Gasteiger partial charge is 0.334 e. The standard InChI is InChI=1S/C21H22FN5O2S/c1-14-19(30-26-25-14)20(28)24-18-8-6-15(7-9-18)13-27(11-3-10-23)21(29)16-4-2-5-17(22)12-16/h2,4-9,12H,3,10-11,13,23H2,1H3,(H,24,28). The number of carbonyl (C=O) groups is 2. The van der Waals surface area contributed by atoms with Gasteiger partial charge < -0.3 is 16.0 Å². The first-order chi connectivity index (χ1) is 14.5. The van der Waals surface area contributed by atoms with Crippen molar-refractivity contribution in [3.63, 3.8) is 0 Å². The predicted octanol–water partition coefficient (Wildman–Crippen LogP) is 3.23. The zero-order valence-corrected chi connectivity index (χ0v) is 17.3. The van der Waals surface area contributed by atoms with Crippen LogP contribution in [0.2, 0.25) is 0 Å². The van der Waals surface area contributed by atoms with Gasteiger partial charge in [0.2, 0.25) is 0 Å². The fourth-order valence-electron chi connectivity index (χ4n) is 2.88. The monoisotopic (exact) mass is 427 g/mol. The summed E-state index contributed by atoms with van der Waals surface area (Å²) in [6.45, 7) is 2.99. The summed E-state index contributed by atoms with van der Waals surface area (Å²) in [6, 6.07) is 12.8. The first-order valence-electron chi connectivity index (χ1n) is 9.42. The maximum Gasteiger partial charge on any atom is 0.269 e. The van der Waals surface area contributed by atoms with Crippen molar-refractivity contribution in [3.05, 3.63) is 76.0 Å². The quantitative estimate of drug-likeness (QED) is 0.575. The lowest BCUT2D eigenvalue weighted by atomic mass is 10.1. The first-order valence-corrected chi connectivity index (χ1v) is 10.2. The molecular formula is C21H22FN5O2S. The summed E-state index contributed by atoms with van der Waals surface area (Å²) in [7, 11) is 0. The molecule has 1 heterocycles. The number of aryl methyl sites for hydroxylation is 1. The van der Waals surface area contributed by atoms with Gasteiger partial charge in [0, 0.05) is 24.3 Å². The van der Waals surface area contributed by atoms with Gasteiger partial charge in [-0.05, 0) is 67.3 Å². The number of halogens is 1. The molecule has 0 unspecified atom stereocenters. The molecular weight excluding hydrogens is 405 g/mol. The van der Waals surface area contributed by atoms with Crippen molar-refractivity contribution in [2.24, 2.45) is 5.73 Å². The molecule has 0 saturated carbocycles. The summed E-state index contributed by atoms with van der Waals surface area (Å²) >= 11 is 1.04. The van der Waals surface area contributed by atoms with Crippen LogP contribution in [0.1, 0.15) is 37.7 Å². The Bertz CT molecular complexity index is 1020. The van der Waals surface area contributed by atoms with Crippen molar-refractivity contribution in [3.8, 4) is 0 Å². The Morgan fingerprint density at radius 2 is 1.97 bits per heavy atom. The van der Waals surface area contributed by atoms with E-state index in [4.69, 9.17) is 5.73 Å². The van der Waals surface area contributed by atoms with Crippen LogP contribution in [-0.4, -0.2) is 39.4 Å². The van der Waals surface area contributed by atoms with Crippen molar-refractivity contribution < 1.29 is 14.0 Å². The van der Waals surface area contributed by atoms with Gasteiger partial charge in [-0.1, -0.05) is 22.7 Å². The Hall–Kier alpha value is -3.17. The van der Waals surface area contributed by atoms with Gasteiger partial charge in [0.15, 0.2) is 0 Å². The molecule has 7 nitrogen and oxygen atoms in total. The minimum absolute atomic E-state index is 0.256. The van der Waals surface area contributed by atoms with Crippen LogP contribution in [0.4, 0.5) is 10.1 Å². The number of amides is 2. The van der Waals surface area contributed by atoms with E-state index in [0.29, 0.717) is 47.9 Å². The number of benzene rings is 2. The number of nitrogens with zero attached hydrogens (tertiary/aromatic N) is 3. The van der Waals surface area contributed by atoms with Crippen LogP contribution in [-0.2, 0) is 6.54 Å². The summed E-state index contributed by atoms with van der Waals surface area (Å²) in [6.07, 6.45) is 0.636. The fourth-order valence-corrected chi connectivity index (χ4v) is 3.43. The molecule has 0 radical (unpaired) electrons. The number of hydrogen-bond donors (Lipinski definition) is 2. The van der Waals surface area contributed by atoms with Gasteiger partial charge in [0.05, 0.1) is 5.69 Å². The molecule has 0 spiro atoms. The lowest BCUT2D eigenvalue weighted by Gasteiger charge is -2.23. The minimum Gasteiger partial charge on any atom is -0.334 e.